The summed E-state index contributed by atoms with van der Waals surface area (Å²) in [6.07, 6.45) is 2.65. The standard InChI is InChI=1S/C11H16N2OS/c14-11(8-12-6-9-3-4-9)13-7-10-2-1-5-15-10/h1-2,5,9,12H,3-4,6-8H2,(H,13,14). The lowest BCUT2D eigenvalue weighted by Crippen LogP contribution is -2.34. The quantitative estimate of drug-likeness (QED) is 0.766. The van der Waals surface area contributed by atoms with Gasteiger partial charge < -0.3 is 10.6 Å². The monoisotopic (exact) mass is 224 g/mol. The van der Waals surface area contributed by atoms with Gasteiger partial charge in [-0.25, -0.2) is 0 Å². The van der Waals surface area contributed by atoms with Gasteiger partial charge in [-0.15, -0.1) is 11.3 Å². The fourth-order valence-electron chi connectivity index (χ4n) is 1.37. The van der Waals surface area contributed by atoms with Crippen molar-refractivity contribution in [2.45, 2.75) is 19.4 Å². The Kier molecular flexibility index (Phi) is 3.75. The van der Waals surface area contributed by atoms with Crippen LogP contribution in [0.15, 0.2) is 17.5 Å². The molecule has 1 aromatic rings. The fraction of sp³-hybridized carbons (Fsp3) is 0.545. The third kappa shape index (κ3) is 4.01. The molecule has 0 unspecified atom stereocenters. The number of amides is 1. The molecule has 1 fully saturated rings. The first kappa shape index (κ1) is 10.6. The lowest BCUT2D eigenvalue weighted by Gasteiger charge is -2.04. The Morgan fingerprint density at radius 3 is 3.07 bits per heavy atom. The molecule has 15 heavy (non-hydrogen) atoms. The van der Waals surface area contributed by atoms with Crippen molar-refractivity contribution in [3.8, 4) is 0 Å². The van der Waals surface area contributed by atoms with Crippen molar-refractivity contribution in [3.05, 3.63) is 22.4 Å². The molecule has 1 saturated carbocycles. The van der Waals surface area contributed by atoms with E-state index >= 15 is 0 Å². The average Bonchev–Trinajstić information content (AvgIpc) is 2.91. The summed E-state index contributed by atoms with van der Waals surface area (Å²) in [7, 11) is 0. The van der Waals surface area contributed by atoms with Gasteiger partial charge in [-0.3, -0.25) is 4.79 Å². The summed E-state index contributed by atoms with van der Waals surface area (Å²) in [4.78, 5) is 12.6. The summed E-state index contributed by atoms with van der Waals surface area (Å²) in [6.45, 7) is 2.09. The normalized spacial score (nSPS) is 15.2. The molecule has 2 N–H and O–H groups in total. The summed E-state index contributed by atoms with van der Waals surface area (Å²) < 4.78 is 0. The zero-order valence-corrected chi connectivity index (χ0v) is 9.48. The van der Waals surface area contributed by atoms with Crippen molar-refractivity contribution in [3.63, 3.8) is 0 Å². The van der Waals surface area contributed by atoms with E-state index in [1.54, 1.807) is 11.3 Å². The third-order valence-corrected chi connectivity index (χ3v) is 3.33. The highest BCUT2D eigenvalue weighted by atomic mass is 32.1. The molecule has 1 aliphatic rings. The summed E-state index contributed by atoms with van der Waals surface area (Å²) in [5.41, 5.74) is 0. The molecule has 0 bridgehead atoms. The van der Waals surface area contributed by atoms with E-state index in [2.05, 4.69) is 10.6 Å². The first-order valence-corrected chi connectivity index (χ1v) is 6.22. The Hall–Kier alpha value is -0.870. The molecule has 0 aliphatic heterocycles. The van der Waals surface area contributed by atoms with Crippen molar-refractivity contribution in [2.24, 2.45) is 5.92 Å². The minimum absolute atomic E-state index is 0.0871. The van der Waals surface area contributed by atoms with Gasteiger partial charge in [-0.1, -0.05) is 6.07 Å². The van der Waals surface area contributed by atoms with E-state index in [1.807, 2.05) is 17.5 Å². The lowest BCUT2D eigenvalue weighted by molar-refractivity contribution is -0.120. The van der Waals surface area contributed by atoms with Crippen LogP contribution in [0.4, 0.5) is 0 Å². The molecule has 1 amide bonds. The van der Waals surface area contributed by atoms with Crippen LogP contribution in [-0.4, -0.2) is 19.0 Å². The highest BCUT2D eigenvalue weighted by Crippen LogP contribution is 2.27. The van der Waals surface area contributed by atoms with E-state index in [4.69, 9.17) is 0 Å². The molecular formula is C11H16N2OS. The van der Waals surface area contributed by atoms with Crippen LogP contribution in [0.3, 0.4) is 0 Å². The van der Waals surface area contributed by atoms with E-state index in [1.165, 1.54) is 17.7 Å². The van der Waals surface area contributed by atoms with Crippen LogP contribution >= 0.6 is 11.3 Å². The molecule has 0 aromatic carbocycles. The van der Waals surface area contributed by atoms with Crippen molar-refractivity contribution < 1.29 is 4.79 Å². The molecule has 3 nitrogen and oxygen atoms in total. The Morgan fingerprint density at radius 2 is 2.40 bits per heavy atom. The van der Waals surface area contributed by atoms with Gasteiger partial charge in [0.25, 0.3) is 0 Å². The molecule has 0 spiro atoms. The minimum Gasteiger partial charge on any atom is -0.350 e. The van der Waals surface area contributed by atoms with Gasteiger partial charge in [0.15, 0.2) is 0 Å². The largest absolute Gasteiger partial charge is 0.350 e. The highest BCUT2D eigenvalue weighted by molar-refractivity contribution is 7.09. The predicted molar refractivity (Wildman–Crippen MR) is 61.8 cm³/mol. The molecule has 0 radical (unpaired) electrons. The van der Waals surface area contributed by atoms with Crippen LogP contribution in [0, 0.1) is 5.92 Å². The topological polar surface area (TPSA) is 41.1 Å². The molecule has 2 rings (SSSR count). The van der Waals surface area contributed by atoms with Crippen molar-refractivity contribution in [2.75, 3.05) is 13.1 Å². The zero-order chi connectivity index (χ0) is 10.5. The van der Waals surface area contributed by atoms with Gasteiger partial charge in [0.05, 0.1) is 13.1 Å². The highest BCUT2D eigenvalue weighted by Gasteiger charge is 2.20. The van der Waals surface area contributed by atoms with Gasteiger partial charge in [0.1, 0.15) is 0 Å². The van der Waals surface area contributed by atoms with Crippen LogP contribution in [0.2, 0.25) is 0 Å². The van der Waals surface area contributed by atoms with Crippen LogP contribution in [0.5, 0.6) is 0 Å². The lowest BCUT2D eigenvalue weighted by atomic mass is 10.4. The molecule has 0 atom stereocenters. The predicted octanol–water partition coefficient (Wildman–Crippen LogP) is 1.36. The summed E-state index contributed by atoms with van der Waals surface area (Å²) in [6, 6.07) is 4.03. The van der Waals surface area contributed by atoms with E-state index in [0.29, 0.717) is 13.1 Å². The van der Waals surface area contributed by atoms with E-state index < -0.39 is 0 Å². The first-order chi connectivity index (χ1) is 7.34. The second kappa shape index (κ2) is 5.28. The number of rotatable bonds is 6. The second-order valence-corrected chi connectivity index (χ2v) is 4.96. The van der Waals surface area contributed by atoms with E-state index in [9.17, 15) is 4.79 Å². The fourth-order valence-corrected chi connectivity index (χ4v) is 2.02. The van der Waals surface area contributed by atoms with Crippen LogP contribution < -0.4 is 10.6 Å². The smallest absolute Gasteiger partial charge is 0.234 e. The SMILES string of the molecule is O=C(CNCC1CC1)NCc1cccs1. The minimum atomic E-state index is 0.0871. The molecule has 0 saturated heterocycles. The first-order valence-electron chi connectivity index (χ1n) is 5.34. The van der Waals surface area contributed by atoms with Crippen LogP contribution in [0.25, 0.3) is 0 Å². The summed E-state index contributed by atoms with van der Waals surface area (Å²) in [5, 5.41) is 8.08. The molecule has 1 aliphatic carbocycles. The molecule has 4 heteroatoms. The van der Waals surface area contributed by atoms with Gasteiger partial charge in [0, 0.05) is 4.88 Å². The van der Waals surface area contributed by atoms with Gasteiger partial charge in [-0.05, 0) is 36.8 Å². The summed E-state index contributed by atoms with van der Waals surface area (Å²) in [5.74, 6) is 0.916. The molecule has 82 valence electrons. The molecule has 1 heterocycles. The molecular weight excluding hydrogens is 208 g/mol. The number of thiophene rings is 1. The van der Waals surface area contributed by atoms with Crippen molar-refractivity contribution >= 4 is 17.2 Å². The maximum absolute atomic E-state index is 11.4. The number of hydrogen-bond donors (Lipinski definition) is 2. The Balaban J connectivity index is 1.55. The van der Waals surface area contributed by atoms with Crippen LogP contribution in [-0.2, 0) is 11.3 Å². The number of hydrogen-bond acceptors (Lipinski definition) is 3. The van der Waals surface area contributed by atoms with E-state index in [-0.39, 0.29) is 5.91 Å². The van der Waals surface area contributed by atoms with Crippen molar-refractivity contribution in [1.29, 1.82) is 0 Å². The van der Waals surface area contributed by atoms with Gasteiger partial charge >= 0.3 is 0 Å². The average molecular weight is 224 g/mol. The maximum atomic E-state index is 11.4. The van der Waals surface area contributed by atoms with E-state index in [0.717, 1.165) is 12.5 Å². The van der Waals surface area contributed by atoms with Crippen molar-refractivity contribution in [1.82, 2.24) is 10.6 Å². The third-order valence-electron chi connectivity index (χ3n) is 2.46. The summed E-state index contributed by atoms with van der Waals surface area (Å²) >= 11 is 1.67. The second-order valence-electron chi connectivity index (χ2n) is 3.93. The van der Waals surface area contributed by atoms with Gasteiger partial charge in [-0.2, -0.15) is 0 Å². The van der Waals surface area contributed by atoms with Crippen LogP contribution in [0.1, 0.15) is 17.7 Å². The maximum Gasteiger partial charge on any atom is 0.234 e. The zero-order valence-electron chi connectivity index (χ0n) is 8.66. The number of nitrogens with one attached hydrogen (secondary N) is 2. The number of carbonyl (C=O) groups excluding carboxylic acids is 1. The van der Waals surface area contributed by atoms with Gasteiger partial charge in [0.2, 0.25) is 5.91 Å². The Bertz CT molecular complexity index is 306. The Morgan fingerprint density at radius 1 is 1.53 bits per heavy atom. The number of carbonyl (C=O) groups is 1. The Labute approximate surface area is 93.9 Å². The molecule has 1 aromatic heterocycles.